The van der Waals surface area contributed by atoms with Gasteiger partial charge in [0, 0.05) is 19.3 Å². The second-order valence-electron chi connectivity index (χ2n) is 3.02. The van der Waals surface area contributed by atoms with Gasteiger partial charge >= 0.3 is 12.1 Å². The summed E-state index contributed by atoms with van der Waals surface area (Å²) in [6, 6.07) is 2.99. The summed E-state index contributed by atoms with van der Waals surface area (Å²) in [5, 5.41) is 6.56. The van der Waals surface area contributed by atoms with Gasteiger partial charge < -0.3 is 4.74 Å². The molecule has 0 aliphatic heterocycles. The summed E-state index contributed by atoms with van der Waals surface area (Å²) in [6.07, 6.45) is 2.23. The van der Waals surface area contributed by atoms with Crippen LogP contribution in [0.1, 0.15) is 0 Å². The first-order chi connectivity index (χ1) is 8.15. The number of anilines is 1. The molecule has 0 saturated carbocycles. The number of nitrogens with zero attached hydrogens (tertiary/aromatic N) is 4. The van der Waals surface area contributed by atoms with E-state index >= 15 is 0 Å². The molecule has 2 rings (SSSR count). The highest BCUT2D eigenvalue weighted by molar-refractivity contribution is 6.29. The van der Waals surface area contributed by atoms with Crippen LogP contribution in [0.5, 0.6) is 6.01 Å². The zero-order valence-corrected chi connectivity index (χ0v) is 9.55. The topological polar surface area (TPSA) is 81.9 Å². The third-order valence-corrected chi connectivity index (χ3v) is 2.05. The molecule has 2 aromatic heterocycles. The van der Waals surface area contributed by atoms with E-state index in [2.05, 4.69) is 20.4 Å². The van der Waals surface area contributed by atoms with Crippen LogP contribution >= 0.6 is 11.6 Å². The van der Waals surface area contributed by atoms with Crippen molar-refractivity contribution in [1.82, 2.24) is 19.7 Å². The minimum Gasteiger partial charge on any atom is -0.374 e. The lowest BCUT2D eigenvalue weighted by molar-refractivity contribution is 0.211. The molecular weight excluding hydrogens is 246 g/mol. The molecular formula is C9H8ClN5O2. The van der Waals surface area contributed by atoms with E-state index < -0.39 is 6.09 Å². The fourth-order valence-electron chi connectivity index (χ4n) is 1.08. The smallest absolute Gasteiger partial charge is 0.374 e. The lowest BCUT2D eigenvalue weighted by Crippen LogP contribution is -2.19. The quantitative estimate of drug-likeness (QED) is 0.820. The highest BCUT2D eigenvalue weighted by Crippen LogP contribution is 2.09. The summed E-state index contributed by atoms with van der Waals surface area (Å²) in [5.74, 6) is 0.497. The van der Waals surface area contributed by atoms with Crippen LogP contribution < -0.4 is 10.1 Å². The molecule has 0 unspecified atom stereocenters. The number of hydrogen-bond donors (Lipinski definition) is 1. The molecule has 2 aromatic rings. The van der Waals surface area contributed by atoms with E-state index in [1.54, 1.807) is 19.3 Å². The summed E-state index contributed by atoms with van der Waals surface area (Å²) in [6.45, 7) is 0. The highest BCUT2D eigenvalue weighted by Gasteiger charge is 2.09. The molecule has 2 heterocycles. The SMILES string of the molecule is Cn1nccc1NC(=O)Oc1nccc(Cl)n1. The van der Waals surface area contributed by atoms with Crippen LogP contribution in [-0.4, -0.2) is 25.8 Å². The molecule has 0 saturated heterocycles. The maximum absolute atomic E-state index is 11.4. The number of aromatic nitrogens is 4. The highest BCUT2D eigenvalue weighted by atomic mass is 35.5. The Balaban J connectivity index is 2.01. The fourth-order valence-corrected chi connectivity index (χ4v) is 1.21. The molecule has 0 fully saturated rings. The number of hydrogen-bond acceptors (Lipinski definition) is 5. The van der Waals surface area contributed by atoms with Crippen LogP contribution in [0.25, 0.3) is 0 Å². The van der Waals surface area contributed by atoms with Gasteiger partial charge in [-0.15, -0.1) is 0 Å². The average molecular weight is 254 g/mol. The maximum atomic E-state index is 11.4. The van der Waals surface area contributed by atoms with Gasteiger partial charge in [-0.3, -0.25) is 10.00 Å². The number of carbonyl (C=O) groups excluding carboxylic acids is 1. The molecule has 0 spiro atoms. The summed E-state index contributed by atoms with van der Waals surface area (Å²) < 4.78 is 6.31. The second kappa shape index (κ2) is 4.79. The number of carbonyl (C=O) groups is 1. The van der Waals surface area contributed by atoms with Crippen molar-refractivity contribution in [2.75, 3.05) is 5.32 Å². The van der Waals surface area contributed by atoms with Gasteiger partial charge in [0.1, 0.15) is 11.0 Å². The number of amides is 1. The van der Waals surface area contributed by atoms with Gasteiger partial charge in [0.05, 0.1) is 6.20 Å². The van der Waals surface area contributed by atoms with E-state index in [-0.39, 0.29) is 11.2 Å². The minimum absolute atomic E-state index is 0.114. The van der Waals surface area contributed by atoms with Crippen molar-refractivity contribution in [3.8, 4) is 6.01 Å². The molecule has 1 amide bonds. The van der Waals surface area contributed by atoms with Gasteiger partial charge in [0.2, 0.25) is 0 Å². The van der Waals surface area contributed by atoms with Crippen LogP contribution in [0, 0.1) is 0 Å². The fraction of sp³-hybridized carbons (Fsp3) is 0.111. The first kappa shape index (κ1) is 11.3. The maximum Gasteiger partial charge on any atom is 0.420 e. The molecule has 7 nitrogen and oxygen atoms in total. The molecule has 17 heavy (non-hydrogen) atoms. The molecule has 1 N–H and O–H groups in total. The minimum atomic E-state index is -0.712. The Morgan fingerprint density at radius 3 is 2.94 bits per heavy atom. The zero-order valence-electron chi connectivity index (χ0n) is 8.79. The number of nitrogens with one attached hydrogen (secondary N) is 1. The van der Waals surface area contributed by atoms with Crippen molar-refractivity contribution in [2.45, 2.75) is 0 Å². The molecule has 0 aliphatic carbocycles. The Bertz CT molecular complexity index is 542. The van der Waals surface area contributed by atoms with Crippen molar-refractivity contribution in [1.29, 1.82) is 0 Å². The summed E-state index contributed by atoms with van der Waals surface area (Å²) in [7, 11) is 1.69. The molecule has 0 aliphatic rings. The lowest BCUT2D eigenvalue weighted by Gasteiger charge is -2.04. The molecule has 0 aromatic carbocycles. The van der Waals surface area contributed by atoms with E-state index in [0.29, 0.717) is 5.82 Å². The third kappa shape index (κ3) is 2.91. The van der Waals surface area contributed by atoms with Crippen LogP contribution in [0.2, 0.25) is 5.15 Å². The van der Waals surface area contributed by atoms with Crippen LogP contribution in [-0.2, 0) is 7.05 Å². The average Bonchev–Trinajstić information content (AvgIpc) is 2.64. The van der Waals surface area contributed by atoms with Gasteiger partial charge in [0.25, 0.3) is 0 Å². The normalized spacial score (nSPS) is 10.0. The number of rotatable bonds is 2. The first-order valence-corrected chi connectivity index (χ1v) is 4.98. The van der Waals surface area contributed by atoms with Gasteiger partial charge in [-0.25, -0.2) is 9.78 Å². The lowest BCUT2D eigenvalue weighted by atomic mass is 10.6. The monoisotopic (exact) mass is 253 g/mol. The van der Waals surface area contributed by atoms with Crippen molar-refractivity contribution in [3.05, 3.63) is 29.7 Å². The molecule has 0 radical (unpaired) electrons. The van der Waals surface area contributed by atoms with Crippen LogP contribution in [0.4, 0.5) is 10.6 Å². The van der Waals surface area contributed by atoms with Crippen molar-refractivity contribution in [2.24, 2.45) is 7.05 Å². The van der Waals surface area contributed by atoms with Crippen molar-refractivity contribution in [3.63, 3.8) is 0 Å². The Labute approximate surface area is 101 Å². The van der Waals surface area contributed by atoms with Gasteiger partial charge in [-0.1, -0.05) is 11.6 Å². The van der Waals surface area contributed by atoms with E-state index in [1.807, 2.05) is 0 Å². The third-order valence-electron chi connectivity index (χ3n) is 1.83. The number of ether oxygens (including phenoxy) is 1. The Hall–Kier alpha value is -2.15. The van der Waals surface area contributed by atoms with E-state index in [0.717, 1.165) is 0 Å². The predicted octanol–water partition coefficient (Wildman–Crippen LogP) is 1.47. The van der Waals surface area contributed by atoms with Gasteiger partial charge in [-0.05, 0) is 6.07 Å². The largest absolute Gasteiger partial charge is 0.420 e. The van der Waals surface area contributed by atoms with E-state index in [4.69, 9.17) is 16.3 Å². The van der Waals surface area contributed by atoms with Crippen LogP contribution in [0.15, 0.2) is 24.5 Å². The van der Waals surface area contributed by atoms with E-state index in [1.165, 1.54) is 16.9 Å². The predicted molar refractivity (Wildman–Crippen MR) is 59.9 cm³/mol. The molecule has 88 valence electrons. The Morgan fingerprint density at radius 2 is 2.29 bits per heavy atom. The van der Waals surface area contributed by atoms with E-state index in [9.17, 15) is 4.79 Å². The standard InChI is InChI=1S/C9H8ClN5O2/c1-15-7(3-5-12-15)14-9(16)17-8-11-4-2-6(10)13-8/h2-5H,1H3,(H,14,16). The van der Waals surface area contributed by atoms with Crippen molar-refractivity contribution >= 4 is 23.5 Å². The van der Waals surface area contributed by atoms with Gasteiger partial charge in [-0.2, -0.15) is 10.1 Å². The van der Waals surface area contributed by atoms with Crippen LogP contribution in [0.3, 0.4) is 0 Å². The first-order valence-electron chi connectivity index (χ1n) is 4.60. The Morgan fingerprint density at radius 1 is 1.47 bits per heavy atom. The molecule has 8 heteroatoms. The number of halogens is 1. The molecule has 0 bridgehead atoms. The summed E-state index contributed by atoms with van der Waals surface area (Å²) in [5.41, 5.74) is 0. The summed E-state index contributed by atoms with van der Waals surface area (Å²) in [4.78, 5) is 18.9. The zero-order chi connectivity index (χ0) is 12.3. The Kier molecular flexibility index (Phi) is 3.20. The van der Waals surface area contributed by atoms with Gasteiger partial charge in [0.15, 0.2) is 0 Å². The van der Waals surface area contributed by atoms with Crippen molar-refractivity contribution < 1.29 is 9.53 Å². The number of aryl methyl sites for hydroxylation is 1. The molecule has 0 atom stereocenters. The second-order valence-corrected chi connectivity index (χ2v) is 3.40. The summed E-state index contributed by atoms with van der Waals surface area (Å²) >= 11 is 5.62.